The molecular formula is C9H12NO4P. The normalized spacial score (nSPS) is 12.3. The molecule has 6 heteroatoms. The van der Waals surface area contributed by atoms with Crippen LogP contribution in [0.5, 0.6) is 0 Å². The first-order chi connectivity index (χ1) is 7.13. The van der Waals surface area contributed by atoms with Crippen molar-refractivity contribution in [2.24, 2.45) is 0 Å². The quantitative estimate of drug-likeness (QED) is 0.442. The van der Waals surface area contributed by atoms with E-state index in [0.29, 0.717) is 12.8 Å². The Kier molecular flexibility index (Phi) is 4.46. The van der Waals surface area contributed by atoms with Crippen LogP contribution in [0.4, 0.5) is 5.69 Å². The Balaban J connectivity index is 2.64. The van der Waals surface area contributed by atoms with Crippen LogP contribution in [0, 0.1) is 10.1 Å². The molecule has 1 unspecified atom stereocenters. The fourth-order valence-corrected chi connectivity index (χ4v) is 2.11. The Morgan fingerprint density at radius 1 is 1.40 bits per heavy atom. The zero-order chi connectivity index (χ0) is 11.3. The Morgan fingerprint density at radius 2 is 2.00 bits per heavy atom. The first kappa shape index (κ1) is 11.9. The van der Waals surface area contributed by atoms with Gasteiger partial charge in [0.05, 0.1) is 11.5 Å². The predicted molar refractivity (Wildman–Crippen MR) is 57.4 cm³/mol. The van der Waals surface area contributed by atoms with Crippen molar-refractivity contribution in [1.29, 1.82) is 0 Å². The van der Waals surface area contributed by atoms with Crippen molar-refractivity contribution < 1.29 is 14.0 Å². The van der Waals surface area contributed by atoms with Crippen LogP contribution in [0.25, 0.3) is 0 Å². The van der Waals surface area contributed by atoms with Gasteiger partial charge in [0.15, 0.2) is 8.03 Å². The maximum Gasteiger partial charge on any atom is 0.269 e. The van der Waals surface area contributed by atoms with Crippen LogP contribution in [0.1, 0.15) is 12.5 Å². The molecule has 0 amide bonds. The lowest BCUT2D eigenvalue weighted by atomic mass is 10.2. The molecule has 1 rings (SSSR count). The molecule has 0 radical (unpaired) electrons. The molecule has 0 saturated heterocycles. The van der Waals surface area contributed by atoms with Gasteiger partial charge in [-0.25, -0.2) is 0 Å². The summed E-state index contributed by atoms with van der Waals surface area (Å²) in [6.45, 7) is 2.20. The van der Waals surface area contributed by atoms with Crippen molar-refractivity contribution in [1.82, 2.24) is 0 Å². The largest absolute Gasteiger partial charge is 0.331 e. The van der Waals surface area contributed by atoms with Crippen LogP contribution in [0.2, 0.25) is 0 Å². The van der Waals surface area contributed by atoms with Gasteiger partial charge in [-0.1, -0.05) is 12.1 Å². The van der Waals surface area contributed by atoms with Gasteiger partial charge in [-0.3, -0.25) is 14.7 Å². The van der Waals surface area contributed by atoms with Gasteiger partial charge in [-0.05, 0) is 12.5 Å². The molecule has 82 valence electrons. The van der Waals surface area contributed by atoms with Crippen LogP contribution in [-0.2, 0) is 15.3 Å². The van der Waals surface area contributed by atoms with Crippen LogP contribution < -0.4 is 0 Å². The first-order valence-electron chi connectivity index (χ1n) is 4.52. The fourth-order valence-electron chi connectivity index (χ4n) is 1.11. The number of benzene rings is 1. The van der Waals surface area contributed by atoms with Crippen LogP contribution in [-0.4, -0.2) is 11.5 Å². The third kappa shape index (κ3) is 3.81. The number of rotatable bonds is 5. The summed E-state index contributed by atoms with van der Waals surface area (Å²) in [7, 11) is -2.05. The number of hydrogen-bond donors (Lipinski definition) is 0. The summed E-state index contributed by atoms with van der Waals surface area (Å²) in [6, 6.07) is 5.99. The second-order valence-corrected chi connectivity index (χ2v) is 4.29. The second kappa shape index (κ2) is 5.63. The molecule has 0 aliphatic rings. The number of nitro groups is 1. The highest BCUT2D eigenvalue weighted by Crippen LogP contribution is 2.28. The van der Waals surface area contributed by atoms with Gasteiger partial charge in [0.25, 0.3) is 5.69 Å². The SMILES string of the molecule is CCO[PH](=O)Cc1ccc([N+](=O)[O-])cc1. The Labute approximate surface area is 88.1 Å². The maximum atomic E-state index is 11.3. The molecule has 1 atom stereocenters. The molecule has 0 bridgehead atoms. The highest BCUT2D eigenvalue weighted by atomic mass is 31.1. The fraction of sp³-hybridized carbons (Fsp3) is 0.333. The molecule has 0 aromatic heterocycles. The molecule has 1 aromatic rings. The molecule has 5 nitrogen and oxygen atoms in total. The van der Waals surface area contributed by atoms with Gasteiger partial charge in [0.2, 0.25) is 0 Å². The lowest BCUT2D eigenvalue weighted by Crippen LogP contribution is -1.88. The van der Waals surface area contributed by atoms with Gasteiger partial charge >= 0.3 is 0 Å². The van der Waals surface area contributed by atoms with E-state index in [9.17, 15) is 14.7 Å². The molecule has 0 fully saturated rings. The third-order valence-electron chi connectivity index (χ3n) is 1.80. The lowest BCUT2D eigenvalue weighted by Gasteiger charge is -2.01. The van der Waals surface area contributed by atoms with Gasteiger partial charge in [0, 0.05) is 18.3 Å². The molecule has 0 aliphatic carbocycles. The molecule has 0 heterocycles. The zero-order valence-corrected chi connectivity index (χ0v) is 9.30. The van der Waals surface area contributed by atoms with E-state index in [-0.39, 0.29) is 5.69 Å². The van der Waals surface area contributed by atoms with Crippen LogP contribution in [0.3, 0.4) is 0 Å². The summed E-state index contributed by atoms with van der Waals surface area (Å²) in [5.41, 5.74) is 0.827. The van der Waals surface area contributed by atoms with Gasteiger partial charge in [-0.15, -0.1) is 0 Å². The van der Waals surface area contributed by atoms with E-state index < -0.39 is 13.0 Å². The van der Waals surface area contributed by atoms with E-state index in [1.54, 1.807) is 19.1 Å². The molecule has 0 saturated carbocycles. The number of non-ortho nitro benzene ring substituents is 1. The van der Waals surface area contributed by atoms with Crippen molar-refractivity contribution in [2.45, 2.75) is 13.1 Å². The van der Waals surface area contributed by atoms with E-state index in [0.717, 1.165) is 5.56 Å². The third-order valence-corrected chi connectivity index (χ3v) is 3.11. The van der Waals surface area contributed by atoms with Gasteiger partial charge < -0.3 is 4.52 Å². The summed E-state index contributed by atoms with van der Waals surface area (Å²) in [6.07, 6.45) is 0.330. The summed E-state index contributed by atoms with van der Waals surface area (Å²) in [4.78, 5) is 9.90. The Bertz CT molecular complexity index is 363. The van der Waals surface area contributed by atoms with Crippen LogP contribution >= 0.6 is 8.03 Å². The van der Waals surface area contributed by atoms with Crippen molar-refractivity contribution in [2.75, 3.05) is 6.61 Å². The summed E-state index contributed by atoms with van der Waals surface area (Å²) in [5.74, 6) is 0. The maximum absolute atomic E-state index is 11.3. The molecule has 15 heavy (non-hydrogen) atoms. The topological polar surface area (TPSA) is 69.4 Å². The van der Waals surface area contributed by atoms with Gasteiger partial charge in [-0.2, -0.15) is 0 Å². The molecule has 0 aliphatic heterocycles. The number of hydrogen-bond acceptors (Lipinski definition) is 4. The van der Waals surface area contributed by atoms with E-state index in [4.69, 9.17) is 4.52 Å². The predicted octanol–water partition coefficient (Wildman–Crippen LogP) is 2.61. The molecular weight excluding hydrogens is 217 g/mol. The number of nitrogens with zero attached hydrogens (tertiary/aromatic N) is 1. The van der Waals surface area contributed by atoms with Crippen LogP contribution in [0.15, 0.2) is 24.3 Å². The average molecular weight is 229 g/mol. The minimum absolute atomic E-state index is 0.0369. The van der Waals surface area contributed by atoms with E-state index >= 15 is 0 Å². The first-order valence-corrected chi connectivity index (χ1v) is 6.04. The minimum atomic E-state index is -2.05. The molecule has 0 N–H and O–H groups in total. The smallest absolute Gasteiger partial charge is 0.269 e. The molecule has 1 aromatic carbocycles. The van der Waals surface area contributed by atoms with Crippen molar-refractivity contribution in [3.8, 4) is 0 Å². The summed E-state index contributed by atoms with van der Waals surface area (Å²) in [5, 5.41) is 10.4. The lowest BCUT2D eigenvalue weighted by molar-refractivity contribution is -0.384. The van der Waals surface area contributed by atoms with E-state index in [1.807, 2.05) is 0 Å². The van der Waals surface area contributed by atoms with Gasteiger partial charge in [0.1, 0.15) is 0 Å². The molecule has 0 spiro atoms. The van der Waals surface area contributed by atoms with Crippen molar-refractivity contribution >= 4 is 13.7 Å². The zero-order valence-electron chi connectivity index (χ0n) is 8.30. The minimum Gasteiger partial charge on any atom is -0.331 e. The summed E-state index contributed by atoms with van der Waals surface area (Å²) >= 11 is 0. The average Bonchev–Trinajstić information content (AvgIpc) is 2.18. The summed E-state index contributed by atoms with van der Waals surface area (Å²) < 4.78 is 16.2. The number of nitro benzene ring substituents is 1. The second-order valence-electron chi connectivity index (χ2n) is 2.91. The standard InChI is InChI=1S/C9H12NO4P/c1-2-14-15(13)7-8-3-5-9(6-4-8)10(11)12/h3-6,15H,2,7H2,1H3. The van der Waals surface area contributed by atoms with E-state index in [2.05, 4.69) is 0 Å². The Hall–Kier alpha value is -1.19. The highest BCUT2D eigenvalue weighted by molar-refractivity contribution is 7.38. The van der Waals surface area contributed by atoms with Crippen molar-refractivity contribution in [3.63, 3.8) is 0 Å². The van der Waals surface area contributed by atoms with Crippen molar-refractivity contribution in [3.05, 3.63) is 39.9 Å². The highest BCUT2D eigenvalue weighted by Gasteiger charge is 2.05. The van der Waals surface area contributed by atoms with E-state index in [1.165, 1.54) is 12.1 Å². The Morgan fingerprint density at radius 3 is 2.47 bits per heavy atom. The monoisotopic (exact) mass is 229 g/mol.